The highest BCUT2D eigenvalue weighted by Crippen LogP contribution is 2.28. The first-order chi connectivity index (χ1) is 8.52. The van der Waals surface area contributed by atoms with Crippen molar-refractivity contribution in [3.05, 3.63) is 16.8 Å². The van der Waals surface area contributed by atoms with E-state index in [2.05, 4.69) is 22.0 Å². The summed E-state index contributed by atoms with van der Waals surface area (Å²) in [5.41, 5.74) is 8.71. The van der Waals surface area contributed by atoms with E-state index in [0.717, 1.165) is 29.2 Å². The van der Waals surface area contributed by atoms with Crippen molar-refractivity contribution in [1.29, 1.82) is 0 Å². The van der Waals surface area contributed by atoms with E-state index < -0.39 is 0 Å². The van der Waals surface area contributed by atoms with Crippen molar-refractivity contribution >= 4 is 23.0 Å². The lowest BCUT2D eigenvalue weighted by Crippen LogP contribution is -2.39. The minimum Gasteiger partial charge on any atom is -0.389 e. The van der Waals surface area contributed by atoms with E-state index in [0.29, 0.717) is 11.0 Å². The number of hydrogen-bond donors (Lipinski definition) is 1. The third kappa shape index (κ3) is 2.32. The maximum absolute atomic E-state index is 5.87. The second kappa shape index (κ2) is 5.18. The molecule has 1 aromatic rings. The zero-order valence-corrected chi connectivity index (χ0v) is 12.0. The number of thiocarbonyl (C=S) groups is 1. The quantitative estimate of drug-likeness (QED) is 0.829. The van der Waals surface area contributed by atoms with E-state index >= 15 is 0 Å². The van der Waals surface area contributed by atoms with Crippen molar-refractivity contribution in [3.63, 3.8) is 0 Å². The highest BCUT2D eigenvalue weighted by atomic mass is 32.1. The van der Waals surface area contributed by atoms with E-state index in [4.69, 9.17) is 18.0 Å². The van der Waals surface area contributed by atoms with Gasteiger partial charge in [-0.1, -0.05) is 12.2 Å². The zero-order valence-electron chi connectivity index (χ0n) is 11.2. The molecule has 1 atom stereocenters. The Morgan fingerprint density at radius 2 is 2.06 bits per heavy atom. The van der Waals surface area contributed by atoms with Crippen molar-refractivity contribution in [2.45, 2.75) is 46.1 Å². The van der Waals surface area contributed by atoms with Gasteiger partial charge in [0.2, 0.25) is 0 Å². The molecule has 4 nitrogen and oxygen atoms in total. The summed E-state index contributed by atoms with van der Waals surface area (Å²) in [4.78, 5) is 2.70. The van der Waals surface area contributed by atoms with Crippen molar-refractivity contribution in [2.24, 2.45) is 5.73 Å². The Balaban J connectivity index is 2.49. The molecule has 18 heavy (non-hydrogen) atoms. The second-order valence-corrected chi connectivity index (χ2v) is 5.45. The van der Waals surface area contributed by atoms with Crippen LogP contribution in [0.1, 0.15) is 43.0 Å². The molecule has 1 saturated heterocycles. The molecule has 0 aromatic carbocycles. The first-order valence-electron chi connectivity index (χ1n) is 6.42. The highest BCUT2D eigenvalue weighted by molar-refractivity contribution is 7.80. The third-order valence-electron chi connectivity index (χ3n) is 3.76. The number of hydrogen-bond acceptors (Lipinski definition) is 4. The van der Waals surface area contributed by atoms with Crippen LogP contribution in [0.2, 0.25) is 0 Å². The first kappa shape index (κ1) is 13.2. The van der Waals surface area contributed by atoms with Gasteiger partial charge in [-0.25, -0.2) is 0 Å². The Hall–Kier alpha value is -1.23. The summed E-state index contributed by atoms with van der Waals surface area (Å²) in [6.07, 6.45) is 3.65. The lowest BCUT2D eigenvalue weighted by molar-refractivity contribution is 0.479. The fourth-order valence-corrected chi connectivity index (χ4v) is 2.75. The summed E-state index contributed by atoms with van der Waals surface area (Å²) in [5, 5.41) is 8.57. The van der Waals surface area contributed by atoms with Crippen LogP contribution in [-0.4, -0.2) is 27.8 Å². The van der Waals surface area contributed by atoms with Gasteiger partial charge in [0, 0.05) is 12.6 Å². The average molecular weight is 264 g/mol. The summed E-state index contributed by atoms with van der Waals surface area (Å²) in [6.45, 7) is 7.18. The zero-order chi connectivity index (χ0) is 13.3. The Kier molecular flexibility index (Phi) is 3.80. The van der Waals surface area contributed by atoms with Gasteiger partial charge >= 0.3 is 0 Å². The molecule has 0 aliphatic carbocycles. The largest absolute Gasteiger partial charge is 0.389 e. The molecule has 0 spiro atoms. The Bertz CT molecular complexity index is 472. The van der Waals surface area contributed by atoms with Gasteiger partial charge < -0.3 is 10.6 Å². The standard InChI is InChI=1S/C13H20N4S/c1-8-6-4-5-7-17(8)13-11(12(14)18)9(2)10(3)15-16-13/h8H,4-7H2,1-3H3,(H2,14,18). The number of piperidine rings is 1. The van der Waals surface area contributed by atoms with Crippen molar-refractivity contribution in [1.82, 2.24) is 10.2 Å². The molecular weight excluding hydrogens is 244 g/mol. The van der Waals surface area contributed by atoms with Crippen LogP contribution in [-0.2, 0) is 0 Å². The molecular formula is C13H20N4S. The topological polar surface area (TPSA) is 55.0 Å². The lowest BCUT2D eigenvalue weighted by Gasteiger charge is -2.35. The van der Waals surface area contributed by atoms with Crippen molar-refractivity contribution in [3.8, 4) is 0 Å². The third-order valence-corrected chi connectivity index (χ3v) is 3.96. The molecule has 1 aromatic heterocycles. The number of rotatable bonds is 2. The van der Waals surface area contributed by atoms with Gasteiger partial charge in [0.05, 0.1) is 11.3 Å². The van der Waals surface area contributed by atoms with Crippen LogP contribution >= 0.6 is 12.2 Å². The predicted molar refractivity (Wildman–Crippen MR) is 78.1 cm³/mol. The molecule has 1 fully saturated rings. The number of nitrogens with zero attached hydrogens (tertiary/aromatic N) is 3. The summed E-state index contributed by atoms with van der Waals surface area (Å²) < 4.78 is 0. The second-order valence-electron chi connectivity index (χ2n) is 5.01. The van der Waals surface area contributed by atoms with E-state index in [1.54, 1.807) is 0 Å². The van der Waals surface area contributed by atoms with E-state index in [-0.39, 0.29) is 0 Å². The predicted octanol–water partition coefficient (Wildman–Crippen LogP) is 2.11. The Morgan fingerprint density at radius 1 is 1.33 bits per heavy atom. The van der Waals surface area contributed by atoms with Crippen LogP contribution in [0.4, 0.5) is 5.82 Å². The number of aromatic nitrogens is 2. The number of nitrogens with two attached hydrogens (primary N) is 1. The SMILES string of the molecule is Cc1nnc(N2CCCCC2C)c(C(N)=S)c1C. The van der Waals surface area contributed by atoms with Gasteiger partial charge in [-0.15, -0.1) is 5.10 Å². The molecule has 1 aliphatic heterocycles. The molecule has 2 N–H and O–H groups in total. The van der Waals surface area contributed by atoms with Crippen LogP contribution in [0.15, 0.2) is 0 Å². The van der Waals surface area contributed by atoms with Gasteiger partial charge in [0.1, 0.15) is 4.99 Å². The van der Waals surface area contributed by atoms with Gasteiger partial charge in [0.25, 0.3) is 0 Å². The Labute approximate surface area is 114 Å². The van der Waals surface area contributed by atoms with Crippen molar-refractivity contribution in [2.75, 3.05) is 11.4 Å². The normalized spacial score (nSPS) is 19.9. The molecule has 98 valence electrons. The smallest absolute Gasteiger partial charge is 0.162 e. The fraction of sp³-hybridized carbons (Fsp3) is 0.615. The lowest BCUT2D eigenvalue weighted by atomic mass is 10.0. The van der Waals surface area contributed by atoms with Gasteiger partial charge in [-0.05, 0) is 45.6 Å². The molecule has 2 heterocycles. The van der Waals surface area contributed by atoms with Gasteiger partial charge in [0.15, 0.2) is 5.82 Å². The minimum absolute atomic E-state index is 0.415. The van der Waals surface area contributed by atoms with Crippen LogP contribution in [0, 0.1) is 13.8 Å². The van der Waals surface area contributed by atoms with Crippen LogP contribution < -0.4 is 10.6 Å². The van der Waals surface area contributed by atoms with Gasteiger partial charge in [-0.2, -0.15) is 5.10 Å². The van der Waals surface area contributed by atoms with Crippen LogP contribution in [0.3, 0.4) is 0 Å². The molecule has 1 unspecified atom stereocenters. The Morgan fingerprint density at radius 3 is 2.67 bits per heavy atom. The first-order valence-corrected chi connectivity index (χ1v) is 6.83. The molecule has 0 bridgehead atoms. The monoisotopic (exact) mass is 264 g/mol. The summed E-state index contributed by atoms with van der Waals surface area (Å²) in [7, 11) is 0. The van der Waals surface area contributed by atoms with E-state index in [9.17, 15) is 0 Å². The molecule has 5 heteroatoms. The number of anilines is 1. The maximum Gasteiger partial charge on any atom is 0.162 e. The van der Waals surface area contributed by atoms with Crippen LogP contribution in [0.25, 0.3) is 0 Å². The summed E-state index contributed by atoms with van der Waals surface area (Å²) >= 11 is 5.19. The highest BCUT2D eigenvalue weighted by Gasteiger charge is 2.25. The van der Waals surface area contributed by atoms with E-state index in [1.165, 1.54) is 19.3 Å². The molecule has 0 radical (unpaired) electrons. The van der Waals surface area contributed by atoms with Gasteiger partial charge in [-0.3, -0.25) is 0 Å². The minimum atomic E-state index is 0.415. The summed E-state index contributed by atoms with van der Waals surface area (Å²) in [5.74, 6) is 0.859. The van der Waals surface area contributed by atoms with Crippen molar-refractivity contribution < 1.29 is 0 Å². The molecule has 0 amide bonds. The van der Waals surface area contributed by atoms with E-state index in [1.807, 2.05) is 13.8 Å². The molecule has 1 aliphatic rings. The fourth-order valence-electron chi connectivity index (χ4n) is 2.50. The van der Waals surface area contributed by atoms with Crippen LogP contribution in [0.5, 0.6) is 0 Å². The number of aryl methyl sites for hydroxylation is 1. The molecule has 2 rings (SSSR count). The molecule has 0 saturated carbocycles. The maximum atomic E-state index is 5.87. The summed E-state index contributed by atoms with van der Waals surface area (Å²) in [6, 6.07) is 0.475. The average Bonchev–Trinajstić information content (AvgIpc) is 2.33.